The second kappa shape index (κ2) is 5.98. The van der Waals surface area contributed by atoms with Crippen molar-refractivity contribution in [1.29, 1.82) is 0 Å². The number of hydrogen-bond acceptors (Lipinski definition) is 4. The molecule has 0 spiro atoms. The average Bonchev–Trinajstić information content (AvgIpc) is 2.45. The number of methoxy groups -OCH3 is 1. The molecule has 1 aliphatic rings. The molecule has 1 fully saturated rings. The second-order valence-corrected chi connectivity index (χ2v) is 6.49. The molecule has 0 bridgehead atoms. The molecular weight excluding hydrogens is 268 g/mol. The van der Waals surface area contributed by atoms with Gasteiger partial charge in [-0.25, -0.2) is 4.79 Å². The van der Waals surface area contributed by atoms with Crippen LogP contribution in [0.15, 0.2) is 24.3 Å². The Balaban J connectivity index is 2.25. The SMILES string of the molecule is COC(=O)c1ccccc1[C@H]1CO[C@H](C(C)(C)C)CC1=O. The molecule has 1 aliphatic heterocycles. The van der Waals surface area contributed by atoms with Crippen molar-refractivity contribution in [3.05, 3.63) is 35.4 Å². The number of carbonyl (C=O) groups excluding carboxylic acids is 2. The Morgan fingerprint density at radius 2 is 1.95 bits per heavy atom. The molecule has 1 aromatic carbocycles. The fourth-order valence-electron chi connectivity index (χ4n) is 2.61. The van der Waals surface area contributed by atoms with E-state index < -0.39 is 5.97 Å². The lowest BCUT2D eigenvalue weighted by Crippen LogP contribution is -2.40. The van der Waals surface area contributed by atoms with Crippen LogP contribution in [0, 0.1) is 5.41 Å². The molecule has 0 aliphatic carbocycles. The number of Topliss-reactive ketones (excluding diaryl/α,β-unsaturated/α-hetero) is 1. The van der Waals surface area contributed by atoms with Gasteiger partial charge in [-0.05, 0) is 17.0 Å². The minimum Gasteiger partial charge on any atom is -0.465 e. The zero-order chi connectivity index (χ0) is 15.6. The van der Waals surface area contributed by atoms with Crippen LogP contribution in [0.1, 0.15) is 49.0 Å². The molecule has 0 aromatic heterocycles. The molecule has 21 heavy (non-hydrogen) atoms. The van der Waals surface area contributed by atoms with Crippen LogP contribution in [0.25, 0.3) is 0 Å². The Morgan fingerprint density at radius 3 is 2.52 bits per heavy atom. The van der Waals surface area contributed by atoms with Gasteiger partial charge in [0.1, 0.15) is 5.78 Å². The summed E-state index contributed by atoms with van der Waals surface area (Å²) in [6.45, 7) is 6.50. The predicted octanol–water partition coefficient (Wildman–Crippen LogP) is 2.96. The molecule has 0 amide bonds. The molecule has 1 aromatic rings. The molecule has 2 rings (SSSR count). The van der Waals surface area contributed by atoms with Crippen LogP contribution in [0.2, 0.25) is 0 Å². The Hall–Kier alpha value is -1.68. The zero-order valence-electron chi connectivity index (χ0n) is 13.0. The Bertz CT molecular complexity index is 542. The monoisotopic (exact) mass is 290 g/mol. The summed E-state index contributed by atoms with van der Waals surface area (Å²) in [5, 5.41) is 0. The van der Waals surface area contributed by atoms with E-state index in [0.29, 0.717) is 24.2 Å². The molecule has 0 radical (unpaired) electrons. The largest absolute Gasteiger partial charge is 0.465 e. The van der Waals surface area contributed by atoms with Crippen molar-refractivity contribution in [2.24, 2.45) is 5.41 Å². The van der Waals surface area contributed by atoms with Gasteiger partial charge in [-0.15, -0.1) is 0 Å². The van der Waals surface area contributed by atoms with Gasteiger partial charge < -0.3 is 9.47 Å². The van der Waals surface area contributed by atoms with Gasteiger partial charge in [-0.3, -0.25) is 4.79 Å². The third-order valence-corrected chi connectivity index (χ3v) is 3.95. The average molecular weight is 290 g/mol. The van der Waals surface area contributed by atoms with Crippen molar-refractivity contribution in [3.8, 4) is 0 Å². The number of hydrogen-bond donors (Lipinski definition) is 0. The Labute approximate surface area is 125 Å². The van der Waals surface area contributed by atoms with Crippen LogP contribution >= 0.6 is 0 Å². The molecule has 1 heterocycles. The summed E-state index contributed by atoms with van der Waals surface area (Å²) in [5.74, 6) is -0.687. The van der Waals surface area contributed by atoms with Gasteiger partial charge in [-0.1, -0.05) is 39.0 Å². The lowest BCUT2D eigenvalue weighted by Gasteiger charge is -2.36. The third kappa shape index (κ3) is 3.32. The van der Waals surface area contributed by atoms with Crippen LogP contribution in [0.4, 0.5) is 0 Å². The number of rotatable bonds is 2. The Kier molecular flexibility index (Phi) is 4.47. The normalized spacial score (nSPS) is 23.0. The predicted molar refractivity (Wildman–Crippen MR) is 79.3 cm³/mol. The molecule has 4 nitrogen and oxygen atoms in total. The minimum atomic E-state index is -0.420. The van der Waals surface area contributed by atoms with Crippen LogP contribution in [0.5, 0.6) is 0 Å². The first-order valence-electron chi connectivity index (χ1n) is 7.16. The van der Waals surface area contributed by atoms with E-state index in [4.69, 9.17) is 9.47 Å². The molecule has 2 atom stereocenters. The van der Waals surface area contributed by atoms with Gasteiger partial charge in [0.15, 0.2) is 0 Å². The first-order chi connectivity index (χ1) is 9.84. The number of ketones is 1. The van der Waals surface area contributed by atoms with Crippen LogP contribution < -0.4 is 0 Å². The fourth-order valence-corrected chi connectivity index (χ4v) is 2.61. The summed E-state index contributed by atoms with van der Waals surface area (Å²) < 4.78 is 10.7. The van der Waals surface area contributed by atoms with Crippen LogP contribution in [-0.2, 0) is 14.3 Å². The molecule has 1 saturated heterocycles. The minimum absolute atomic E-state index is 0.0670. The fraction of sp³-hybridized carbons (Fsp3) is 0.529. The topological polar surface area (TPSA) is 52.6 Å². The van der Waals surface area contributed by atoms with E-state index in [2.05, 4.69) is 20.8 Å². The molecular formula is C17H22O4. The maximum atomic E-state index is 12.5. The van der Waals surface area contributed by atoms with E-state index in [9.17, 15) is 9.59 Å². The summed E-state index contributed by atoms with van der Waals surface area (Å²) in [6, 6.07) is 7.08. The maximum Gasteiger partial charge on any atom is 0.338 e. The molecule has 0 N–H and O–H groups in total. The highest BCUT2D eigenvalue weighted by Crippen LogP contribution is 2.34. The van der Waals surface area contributed by atoms with Crippen molar-refractivity contribution in [3.63, 3.8) is 0 Å². The highest BCUT2D eigenvalue weighted by atomic mass is 16.5. The summed E-state index contributed by atoms with van der Waals surface area (Å²) in [7, 11) is 1.34. The molecule has 114 valence electrons. The van der Waals surface area contributed by atoms with Crippen molar-refractivity contribution >= 4 is 11.8 Å². The van der Waals surface area contributed by atoms with Crippen molar-refractivity contribution in [2.75, 3.05) is 13.7 Å². The smallest absolute Gasteiger partial charge is 0.338 e. The van der Waals surface area contributed by atoms with Crippen LogP contribution in [0.3, 0.4) is 0 Å². The van der Waals surface area contributed by atoms with Crippen LogP contribution in [-0.4, -0.2) is 31.6 Å². The highest BCUT2D eigenvalue weighted by molar-refractivity contribution is 5.95. The summed E-state index contributed by atoms with van der Waals surface area (Å²) in [5.41, 5.74) is 1.07. The zero-order valence-corrected chi connectivity index (χ0v) is 13.0. The van der Waals surface area contributed by atoms with Crippen molar-refractivity contribution < 1.29 is 19.1 Å². The van der Waals surface area contributed by atoms with Crippen molar-refractivity contribution in [1.82, 2.24) is 0 Å². The van der Waals surface area contributed by atoms with E-state index in [1.807, 2.05) is 6.07 Å². The lowest BCUT2D eigenvalue weighted by atomic mass is 9.80. The molecule has 0 saturated carbocycles. The number of benzene rings is 1. The van der Waals surface area contributed by atoms with E-state index in [1.54, 1.807) is 18.2 Å². The highest BCUT2D eigenvalue weighted by Gasteiger charge is 2.37. The van der Waals surface area contributed by atoms with Gasteiger partial charge >= 0.3 is 5.97 Å². The Morgan fingerprint density at radius 1 is 1.29 bits per heavy atom. The second-order valence-electron chi connectivity index (χ2n) is 6.49. The standard InChI is InChI=1S/C17H22O4/c1-17(2,3)15-9-14(18)13(10-21-15)11-7-5-6-8-12(11)16(19)20-4/h5-8,13,15H,9-10H2,1-4H3/t13-,15+/m1/s1. The quantitative estimate of drug-likeness (QED) is 0.786. The van der Waals surface area contributed by atoms with E-state index in [-0.39, 0.29) is 23.2 Å². The third-order valence-electron chi connectivity index (χ3n) is 3.95. The first-order valence-corrected chi connectivity index (χ1v) is 7.16. The maximum absolute atomic E-state index is 12.5. The van der Waals surface area contributed by atoms with Gasteiger partial charge in [0.2, 0.25) is 0 Å². The number of ether oxygens (including phenoxy) is 2. The van der Waals surface area contributed by atoms with Gasteiger partial charge in [-0.2, -0.15) is 0 Å². The van der Waals surface area contributed by atoms with Crippen molar-refractivity contribution in [2.45, 2.75) is 39.2 Å². The van der Waals surface area contributed by atoms with E-state index in [0.717, 1.165) is 0 Å². The van der Waals surface area contributed by atoms with Gasteiger partial charge in [0.25, 0.3) is 0 Å². The van der Waals surface area contributed by atoms with Gasteiger partial charge in [0, 0.05) is 6.42 Å². The number of esters is 1. The molecule has 4 heteroatoms. The van der Waals surface area contributed by atoms with E-state index in [1.165, 1.54) is 7.11 Å². The summed E-state index contributed by atoms with van der Waals surface area (Å²) in [6.07, 6.45) is 0.301. The van der Waals surface area contributed by atoms with E-state index >= 15 is 0 Å². The summed E-state index contributed by atoms with van der Waals surface area (Å²) in [4.78, 5) is 24.3. The lowest BCUT2D eigenvalue weighted by molar-refractivity contribution is -0.137. The molecule has 0 unspecified atom stereocenters. The first kappa shape index (κ1) is 15.7. The number of carbonyl (C=O) groups is 2. The van der Waals surface area contributed by atoms with Gasteiger partial charge in [0.05, 0.1) is 31.3 Å². The summed E-state index contributed by atoms with van der Waals surface area (Å²) >= 11 is 0.